The lowest BCUT2D eigenvalue weighted by atomic mass is 10.0. The Hall–Kier alpha value is -1.30. The van der Waals surface area contributed by atoms with Crippen molar-refractivity contribution in [1.82, 2.24) is 15.1 Å². The van der Waals surface area contributed by atoms with Gasteiger partial charge in [-0.1, -0.05) is 6.07 Å². The van der Waals surface area contributed by atoms with Crippen LogP contribution in [0, 0.1) is 0 Å². The number of rotatable bonds is 3. The van der Waals surface area contributed by atoms with E-state index < -0.39 is 0 Å². The van der Waals surface area contributed by atoms with Gasteiger partial charge in [-0.15, -0.1) is 0 Å². The summed E-state index contributed by atoms with van der Waals surface area (Å²) in [4.78, 5) is 5.21. The number of nitrogens with zero attached hydrogens (tertiary/aromatic N) is 2. The summed E-state index contributed by atoms with van der Waals surface area (Å²) < 4.78 is 10.8. The van der Waals surface area contributed by atoms with E-state index >= 15 is 0 Å². The summed E-state index contributed by atoms with van der Waals surface area (Å²) in [6.45, 7) is 8.42. The highest BCUT2D eigenvalue weighted by atomic mass is 16.7. The zero-order valence-corrected chi connectivity index (χ0v) is 13.1. The molecule has 2 fully saturated rings. The van der Waals surface area contributed by atoms with Gasteiger partial charge in [0.15, 0.2) is 11.5 Å². The Kier molecular flexibility index (Phi) is 4.19. The van der Waals surface area contributed by atoms with E-state index in [1.165, 1.54) is 44.6 Å². The molecule has 0 spiro atoms. The van der Waals surface area contributed by atoms with Crippen LogP contribution in [-0.2, 0) is 6.54 Å². The second-order valence-electron chi connectivity index (χ2n) is 6.50. The molecule has 2 saturated heterocycles. The van der Waals surface area contributed by atoms with Crippen LogP contribution in [0.3, 0.4) is 0 Å². The van der Waals surface area contributed by atoms with Crippen molar-refractivity contribution < 1.29 is 9.47 Å². The summed E-state index contributed by atoms with van der Waals surface area (Å²) in [5.41, 5.74) is 1.32. The Morgan fingerprint density at radius 1 is 1.09 bits per heavy atom. The molecular weight excluding hydrogens is 278 g/mol. The van der Waals surface area contributed by atoms with Crippen molar-refractivity contribution in [2.75, 3.05) is 46.1 Å². The number of piperidine rings is 1. The summed E-state index contributed by atoms with van der Waals surface area (Å²) in [5.74, 6) is 1.77. The highest BCUT2D eigenvalue weighted by Gasteiger charge is 2.25. The van der Waals surface area contributed by atoms with E-state index in [0.29, 0.717) is 6.79 Å². The van der Waals surface area contributed by atoms with E-state index in [0.717, 1.165) is 37.2 Å². The molecule has 120 valence electrons. The molecule has 5 nitrogen and oxygen atoms in total. The third-order valence-corrected chi connectivity index (χ3v) is 5.04. The number of ether oxygens (including phenoxy) is 2. The SMILES string of the molecule is c1cc2c(cc1CN1CCN(C3CCCNC3)CC1)OCO2. The third-order valence-electron chi connectivity index (χ3n) is 5.04. The fourth-order valence-corrected chi connectivity index (χ4v) is 3.73. The first kappa shape index (κ1) is 14.3. The average Bonchev–Trinajstić information content (AvgIpc) is 3.04. The van der Waals surface area contributed by atoms with Crippen LogP contribution in [0.2, 0.25) is 0 Å². The first-order chi connectivity index (χ1) is 10.9. The van der Waals surface area contributed by atoms with Crippen molar-refractivity contribution in [2.24, 2.45) is 0 Å². The number of hydrogen-bond acceptors (Lipinski definition) is 5. The van der Waals surface area contributed by atoms with Gasteiger partial charge in [0.2, 0.25) is 6.79 Å². The minimum Gasteiger partial charge on any atom is -0.454 e. The molecule has 0 bridgehead atoms. The number of benzene rings is 1. The second kappa shape index (κ2) is 6.44. The molecule has 1 aromatic carbocycles. The quantitative estimate of drug-likeness (QED) is 0.910. The summed E-state index contributed by atoms with van der Waals surface area (Å²) >= 11 is 0. The van der Waals surface area contributed by atoms with Crippen LogP contribution in [0.25, 0.3) is 0 Å². The van der Waals surface area contributed by atoms with Gasteiger partial charge in [0.05, 0.1) is 0 Å². The number of hydrogen-bond donors (Lipinski definition) is 1. The van der Waals surface area contributed by atoms with Gasteiger partial charge in [0, 0.05) is 45.3 Å². The second-order valence-corrected chi connectivity index (χ2v) is 6.50. The Bertz CT molecular complexity index is 509. The van der Waals surface area contributed by atoms with Gasteiger partial charge in [0.25, 0.3) is 0 Å². The molecule has 3 aliphatic heterocycles. The van der Waals surface area contributed by atoms with Crippen molar-refractivity contribution in [1.29, 1.82) is 0 Å². The maximum atomic E-state index is 5.47. The molecule has 0 aliphatic carbocycles. The highest BCUT2D eigenvalue weighted by molar-refractivity contribution is 5.44. The van der Waals surface area contributed by atoms with Crippen LogP contribution in [0.4, 0.5) is 0 Å². The average molecular weight is 303 g/mol. The van der Waals surface area contributed by atoms with Gasteiger partial charge in [0.1, 0.15) is 0 Å². The van der Waals surface area contributed by atoms with Gasteiger partial charge in [-0.2, -0.15) is 0 Å². The number of piperazine rings is 1. The molecule has 3 heterocycles. The standard InChI is InChI=1S/C17H25N3O2/c1-2-15(11-18-5-1)20-8-6-19(7-9-20)12-14-3-4-16-17(10-14)22-13-21-16/h3-4,10,15,18H,1-2,5-9,11-13H2. The van der Waals surface area contributed by atoms with Crippen LogP contribution in [0.5, 0.6) is 11.5 Å². The Morgan fingerprint density at radius 3 is 2.77 bits per heavy atom. The largest absolute Gasteiger partial charge is 0.454 e. The number of nitrogens with one attached hydrogen (secondary N) is 1. The first-order valence-corrected chi connectivity index (χ1v) is 8.44. The summed E-state index contributed by atoms with van der Waals surface area (Å²) in [6.07, 6.45) is 2.68. The lowest BCUT2D eigenvalue weighted by molar-refractivity contribution is 0.0807. The van der Waals surface area contributed by atoms with Gasteiger partial charge in [-0.3, -0.25) is 9.80 Å². The van der Waals surface area contributed by atoms with Crippen molar-refractivity contribution in [3.8, 4) is 11.5 Å². The minimum absolute atomic E-state index is 0.354. The van der Waals surface area contributed by atoms with Crippen LogP contribution in [0.1, 0.15) is 18.4 Å². The molecule has 0 amide bonds. The zero-order chi connectivity index (χ0) is 14.8. The lowest BCUT2D eigenvalue weighted by Crippen LogP contribution is -2.54. The highest BCUT2D eigenvalue weighted by Crippen LogP contribution is 2.32. The van der Waals surface area contributed by atoms with E-state index in [1.54, 1.807) is 0 Å². The predicted molar refractivity (Wildman–Crippen MR) is 85.3 cm³/mol. The van der Waals surface area contributed by atoms with Gasteiger partial charge >= 0.3 is 0 Å². The summed E-state index contributed by atoms with van der Waals surface area (Å²) in [7, 11) is 0. The van der Waals surface area contributed by atoms with Gasteiger partial charge < -0.3 is 14.8 Å². The van der Waals surface area contributed by atoms with Crippen molar-refractivity contribution >= 4 is 0 Å². The van der Waals surface area contributed by atoms with Crippen molar-refractivity contribution in [3.05, 3.63) is 23.8 Å². The summed E-state index contributed by atoms with van der Waals surface area (Å²) in [6, 6.07) is 7.06. The van der Waals surface area contributed by atoms with Crippen molar-refractivity contribution in [3.63, 3.8) is 0 Å². The fourth-order valence-electron chi connectivity index (χ4n) is 3.73. The smallest absolute Gasteiger partial charge is 0.231 e. The molecular formula is C17H25N3O2. The van der Waals surface area contributed by atoms with E-state index in [2.05, 4.69) is 27.2 Å². The maximum absolute atomic E-state index is 5.47. The molecule has 1 unspecified atom stereocenters. The molecule has 0 radical (unpaired) electrons. The van der Waals surface area contributed by atoms with Crippen LogP contribution < -0.4 is 14.8 Å². The van der Waals surface area contributed by atoms with E-state index in [4.69, 9.17) is 9.47 Å². The molecule has 1 atom stereocenters. The maximum Gasteiger partial charge on any atom is 0.231 e. The molecule has 0 saturated carbocycles. The molecule has 3 aliphatic rings. The Morgan fingerprint density at radius 2 is 1.95 bits per heavy atom. The van der Waals surface area contributed by atoms with E-state index in [-0.39, 0.29) is 0 Å². The molecule has 1 aromatic rings. The third kappa shape index (κ3) is 3.07. The van der Waals surface area contributed by atoms with Gasteiger partial charge in [-0.25, -0.2) is 0 Å². The Balaban J connectivity index is 1.30. The minimum atomic E-state index is 0.354. The van der Waals surface area contributed by atoms with Crippen LogP contribution in [0.15, 0.2) is 18.2 Å². The Labute approximate surface area is 132 Å². The fraction of sp³-hybridized carbons (Fsp3) is 0.647. The molecule has 1 N–H and O–H groups in total. The van der Waals surface area contributed by atoms with Crippen LogP contribution in [-0.4, -0.2) is 61.9 Å². The topological polar surface area (TPSA) is 37.0 Å². The predicted octanol–water partition coefficient (Wildman–Crippen LogP) is 1.28. The van der Waals surface area contributed by atoms with E-state index in [9.17, 15) is 0 Å². The summed E-state index contributed by atoms with van der Waals surface area (Å²) in [5, 5.41) is 3.53. The lowest BCUT2D eigenvalue weighted by Gasteiger charge is -2.40. The molecule has 5 heteroatoms. The van der Waals surface area contributed by atoms with Crippen molar-refractivity contribution in [2.45, 2.75) is 25.4 Å². The van der Waals surface area contributed by atoms with Crippen LogP contribution >= 0.6 is 0 Å². The van der Waals surface area contributed by atoms with E-state index in [1.807, 2.05) is 6.07 Å². The normalized spacial score (nSPS) is 26.3. The zero-order valence-electron chi connectivity index (χ0n) is 13.1. The molecule has 0 aromatic heterocycles. The number of fused-ring (bicyclic) bond motifs is 1. The molecule has 22 heavy (non-hydrogen) atoms. The van der Waals surface area contributed by atoms with Gasteiger partial charge in [-0.05, 0) is 37.1 Å². The first-order valence-electron chi connectivity index (χ1n) is 8.44. The monoisotopic (exact) mass is 303 g/mol. The molecule has 4 rings (SSSR count).